The lowest BCUT2D eigenvalue weighted by Gasteiger charge is -2.29. The van der Waals surface area contributed by atoms with Crippen LogP contribution in [0, 0.1) is 11.8 Å². The van der Waals surface area contributed by atoms with Crippen LogP contribution in [0.5, 0.6) is 0 Å². The summed E-state index contributed by atoms with van der Waals surface area (Å²) in [7, 11) is 0. The van der Waals surface area contributed by atoms with Crippen molar-refractivity contribution >= 4 is 11.6 Å². The molecule has 0 radical (unpaired) electrons. The third kappa shape index (κ3) is 3.78. The van der Waals surface area contributed by atoms with Crippen molar-refractivity contribution in [3.05, 3.63) is 35.9 Å². The van der Waals surface area contributed by atoms with Crippen LogP contribution < -0.4 is 0 Å². The van der Waals surface area contributed by atoms with Crippen LogP contribution in [0.2, 0.25) is 0 Å². The van der Waals surface area contributed by atoms with Gasteiger partial charge in [0.05, 0.1) is 0 Å². The van der Waals surface area contributed by atoms with Gasteiger partial charge in [-0.25, -0.2) is 0 Å². The zero-order chi connectivity index (χ0) is 15.1. The normalized spacial score (nSPS) is 15.4. The Bertz CT molecular complexity index is 436. The second-order valence-corrected chi connectivity index (χ2v) is 5.38. The first-order valence-corrected chi connectivity index (χ1v) is 7.67. The first-order valence-electron chi connectivity index (χ1n) is 7.67. The van der Waals surface area contributed by atoms with E-state index in [4.69, 9.17) is 0 Å². The number of Topliss-reactive ketones (excluding diaryl/α,β-unsaturated/α-hetero) is 2. The average molecular weight is 274 g/mol. The topological polar surface area (TPSA) is 34.1 Å². The van der Waals surface area contributed by atoms with Crippen LogP contribution in [0.1, 0.15) is 58.4 Å². The van der Waals surface area contributed by atoms with Crippen molar-refractivity contribution in [2.45, 2.75) is 52.9 Å². The van der Waals surface area contributed by atoms with Crippen LogP contribution >= 0.6 is 0 Å². The molecule has 20 heavy (non-hydrogen) atoms. The molecule has 0 bridgehead atoms. The van der Waals surface area contributed by atoms with Crippen LogP contribution in [0.3, 0.4) is 0 Å². The van der Waals surface area contributed by atoms with Gasteiger partial charge in [-0.1, -0.05) is 58.0 Å². The highest BCUT2D eigenvalue weighted by atomic mass is 16.1. The molecule has 3 atom stereocenters. The minimum Gasteiger partial charge on any atom is -0.299 e. The lowest BCUT2D eigenvalue weighted by atomic mass is 9.72. The van der Waals surface area contributed by atoms with E-state index in [1.54, 1.807) is 0 Å². The van der Waals surface area contributed by atoms with Crippen LogP contribution in [-0.4, -0.2) is 11.6 Å². The van der Waals surface area contributed by atoms with Gasteiger partial charge >= 0.3 is 0 Å². The smallest absolute Gasteiger partial charge is 0.137 e. The highest BCUT2D eigenvalue weighted by Crippen LogP contribution is 2.35. The van der Waals surface area contributed by atoms with E-state index in [2.05, 4.69) is 19.1 Å². The third-order valence-corrected chi connectivity index (χ3v) is 4.22. The van der Waals surface area contributed by atoms with Gasteiger partial charge in [0.1, 0.15) is 11.6 Å². The number of ketones is 2. The second kappa shape index (κ2) is 7.98. The maximum absolute atomic E-state index is 12.4. The zero-order valence-corrected chi connectivity index (χ0v) is 13.1. The highest BCUT2D eigenvalue weighted by Gasteiger charge is 2.34. The maximum atomic E-state index is 12.4. The molecule has 2 heteroatoms. The lowest BCUT2D eigenvalue weighted by molar-refractivity contribution is -0.132. The van der Waals surface area contributed by atoms with Crippen molar-refractivity contribution in [3.8, 4) is 0 Å². The Morgan fingerprint density at radius 2 is 1.50 bits per heavy atom. The summed E-state index contributed by atoms with van der Waals surface area (Å²) >= 11 is 0. The Balaban J connectivity index is 3.14. The van der Waals surface area contributed by atoms with Gasteiger partial charge in [0.25, 0.3) is 0 Å². The predicted molar refractivity (Wildman–Crippen MR) is 82.7 cm³/mol. The summed E-state index contributed by atoms with van der Waals surface area (Å²) in [6, 6.07) is 10.1. The Morgan fingerprint density at radius 3 is 1.95 bits per heavy atom. The molecule has 1 aromatic carbocycles. The number of hydrogen-bond acceptors (Lipinski definition) is 2. The number of benzene rings is 1. The summed E-state index contributed by atoms with van der Waals surface area (Å²) in [6.07, 6.45) is 1.87. The molecule has 1 aromatic rings. The van der Waals surface area contributed by atoms with E-state index in [0.717, 1.165) is 12.0 Å². The second-order valence-electron chi connectivity index (χ2n) is 5.38. The van der Waals surface area contributed by atoms with Crippen molar-refractivity contribution in [3.63, 3.8) is 0 Å². The Morgan fingerprint density at radius 1 is 0.950 bits per heavy atom. The molecule has 0 saturated heterocycles. The number of carbonyl (C=O) groups excluding carboxylic acids is 2. The van der Waals surface area contributed by atoms with Crippen molar-refractivity contribution in [1.29, 1.82) is 0 Å². The van der Waals surface area contributed by atoms with Gasteiger partial charge in [0.15, 0.2) is 0 Å². The first-order chi connectivity index (χ1) is 9.56. The quantitative estimate of drug-likeness (QED) is 0.704. The fourth-order valence-corrected chi connectivity index (χ4v) is 3.01. The first kappa shape index (κ1) is 16.6. The fourth-order valence-electron chi connectivity index (χ4n) is 3.01. The predicted octanol–water partition coefficient (Wildman–Crippen LogP) is 4.39. The summed E-state index contributed by atoms with van der Waals surface area (Å²) in [5.74, 6) is 0.132. The number of hydrogen-bond donors (Lipinski definition) is 0. The molecule has 0 aliphatic carbocycles. The molecule has 2 nitrogen and oxygen atoms in total. The van der Waals surface area contributed by atoms with E-state index in [-0.39, 0.29) is 29.3 Å². The molecule has 3 unspecified atom stereocenters. The van der Waals surface area contributed by atoms with Crippen molar-refractivity contribution in [1.82, 2.24) is 0 Å². The van der Waals surface area contributed by atoms with Gasteiger partial charge in [-0.3, -0.25) is 9.59 Å². The van der Waals surface area contributed by atoms with Crippen LogP contribution in [0.25, 0.3) is 0 Å². The minimum atomic E-state index is -0.197. The standard InChI is InChI=1S/C18H26O2/c1-5-15(14-11-9-8-10-12-14)18(17(20)7-3)13(4)16(19)6-2/h8-13,15,18H,5-7H2,1-4H3. The summed E-state index contributed by atoms with van der Waals surface area (Å²) in [4.78, 5) is 24.5. The molecular formula is C18H26O2. The van der Waals surface area contributed by atoms with Crippen LogP contribution in [0.4, 0.5) is 0 Å². The van der Waals surface area contributed by atoms with Crippen molar-refractivity contribution in [2.24, 2.45) is 11.8 Å². The molecule has 0 fully saturated rings. The SMILES string of the molecule is CCC(=O)C(C)C(C(=O)CC)C(CC)c1ccccc1. The number of rotatable bonds is 8. The summed E-state index contributed by atoms with van der Waals surface area (Å²) < 4.78 is 0. The third-order valence-electron chi connectivity index (χ3n) is 4.22. The molecule has 1 rings (SSSR count). The Kier molecular flexibility index (Phi) is 6.63. The molecule has 110 valence electrons. The molecule has 0 aliphatic heterocycles. The van der Waals surface area contributed by atoms with Crippen LogP contribution in [0.15, 0.2) is 30.3 Å². The molecule has 0 spiro atoms. The molecule has 0 saturated carbocycles. The van der Waals surface area contributed by atoms with Gasteiger partial charge in [0, 0.05) is 24.7 Å². The van der Waals surface area contributed by atoms with E-state index in [0.29, 0.717) is 12.8 Å². The zero-order valence-electron chi connectivity index (χ0n) is 13.1. The maximum Gasteiger partial charge on any atom is 0.137 e. The average Bonchev–Trinajstić information content (AvgIpc) is 2.51. The van der Waals surface area contributed by atoms with E-state index in [1.165, 1.54) is 0 Å². The summed E-state index contributed by atoms with van der Waals surface area (Å²) in [6.45, 7) is 7.76. The van der Waals surface area contributed by atoms with Gasteiger partial charge in [0.2, 0.25) is 0 Å². The largest absolute Gasteiger partial charge is 0.299 e. The fraction of sp³-hybridized carbons (Fsp3) is 0.556. The molecule has 0 heterocycles. The van der Waals surface area contributed by atoms with E-state index in [9.17, 15) is 9.59 Å². The lowest BCUT2D eigenvalue weighted by Crippen LogP contribution is -2.32. The molecule has 0 amide bonds. The molecule has 0 N–H and O–H groups in total. The molecular weight excluding hydrogens is 248 g/mol. The van der Waals surface area contributed by atoms with Crippen molar-refractivity contribution in [2.75, 3.05) is 0 Å². The molecule has 0 aliphatic rings. The van der Waals surface area contributed by atoms with Gasteiger partial charge in [-0.2, -0.15) is 0 Å². The number of carbonyl (C=O) groups is 2. The van der Waals surface area contributed by atoms with E-state index < -0.39 is 0 Å². The van der Waals surface area contributed by atoms with Crippen LogP contribution in [-0.2, 0) is 9.59 Å². The van der Waals surface area contributed by atoms with E-state index in [1.807, 2.05) is 39.0 Å². The van der Waals surface area contributed by atoms with Gasteiger partial charge in [-0.15, -0.1) is 0 Å². The minimum absolute atomic E-state index is 0.133. The summed E-state index contributed by atoms with van der Waals surface area (Å²) in [5.41, 5.74) is 1.16. The highest BCUT2D eigenvalue weighted by molar-refractivity contribution is 5.90. The Hall–Kier alpha value is -1.44. The van der Waals surface area contributed by atoms with Gasteiger partial charge < -0.3 is 0 Å². The molecule has 0 aromatic heterocycles. The van der Waals surface area contributed by atoms with Crippen molar-refractivity contribution < 1.29 is 9.59 Å². The summed E-state index contributed by atoms with van der Waals surface area (Å²) in [5, 5.41) is 0. The van der Waals surface area contributed by atoms with Gasteiger partial charge in [-0.05, 0) is 17.9 Å². The Labute approximate surface area is 122 Å². The monoisotopic (exact) mass is 274 g/mol. The van der Waals surface area contributed by atoms with E-state index >= 15 is 0 Å².